The predicted octanol–water partition coefficient (Wildman–Crippen LogP) is 0.886. The van der Waals surface area contributed by atoms with Crippen LogP contribution in [0.4, 0.5) is 0 Å². The third kappa shape index (κ3) is 3.34. The van der Waals surface area contributed by atoms with E-state index in [1.807, 2.05) is 26.0 Å². The van der Waals surface area contributed by atoms with Gasteiger partial charge in [-0.1, -0.05) is 6.92 Å². The molecule has 1 aromatic rings. The monoisotopic (exact) mass is 212 g/mol. The lowest BCUT2D eigenvalue weighted by Crippen LogP contribution is -2.39. The molecule has 0 aliphatic carbocycles. The SMILES string of the molecule is CC(CO)C(C)NC(CN)c1ccco1. The van der Waals surface area contributed by atoms with Crippen LogP contribution in [0.2, 0.25) is 0 Å². The number of nitrogens with two attached hydrogens (primary N) is 1. The normalized spacial score (nSPS) is 17.3. The number of nitrogens with one attached hydrogen (secondary N) is 1. The molecule has 3 unspecified atom stereocenters. The van der Waals surface area contributed by atoms with Gasteiger partial charge in [-0.05, 0) is 25.0 Å². The van der Waals surface area contributed by atoms with Crippen LogP contribution < -0.4 is 11.1 Å². The lowest BCUT2D eigenvalue weighted by Gasteiger charge is -2.24. The quantitative estimate of drug-likeness (QED) is 0.654. The fourth-order valence-electron chi connectivity index (χ4n) is 1.40. The summed E-state index contributed by atoms with van der Waals surface area (Å²) in [6, 6.07) is 3.97. The fourth-order valence-corrected chi connectivity index (χ4v) is 1.40. The minimum atomic E-state index is 0.0176. The van der Waals surface area contributed by atoms with E-state index in [0.29, 0.717) is 6.54 Å². The van der Waals surface area contributed by atoms with Gasteiger partial charge in [0.05, 0.1) is 12.3 Å². The molecule has 4 nitrogen and oxygen atoms in total. The average Bonchev–Trinajstić information content (AvgIpc) is 2.77. The van der Waals surface area contributed by atoms with Gasteiger partial charge in [-0.15, -0.1) is 0 Å². The van der Waals surface area contributed by atoms with E-state index >= 15 is 0 Å². The molecule has 86 valence electrons. The number of hydrogen-bond donors (Lipinski definition) is 3. The minimum absolute atomic E-state index is 0.0176. The molecule has 15 heavy (non-hydrogen) atoms. The van der Waals surface area contributed by atoms with Crippen molar-refractivity contribution in [3.63, 3.8) is 0 Å². The molecule has 0 amide bonds. The Kier molecular flexibility index (Phi) is 4.81. The highest BCUT2D eigenvalue weighted by Crippen LogP contribution is 2.14. The minimum Gasteiger partial charge on any atom is -0.468 e. The summed E-state index contributed by atoms with van der Waals surface area (Å²) < 4.78 is 5.30. The van der Waals surface area contributed by atoms with Crippen molar-refractivity contribution in [3.8, 4) is 0 Å². The molecule has 1 heterocycles. The van der Waals surface area contributed by atoms with Gasteiger partial charge in [0.15, 0.2) is 0 Å². The van der Waals surface area contributed by atoms with E-state index in [1.54, 1.807) is 6.26 Å². The number of furan rings is 1. The maximum Gasteiger partial charge on any atom is 0.121 e. The Labute approximate surface area is 90.5 Å². The molecule has 3 atom stereocenters. The largest absolute Gasteiger partial charge is 0.468 e. The van der Waals surface area contributed by atoms with Crippen molar-refractivity contribution in [2.45, 2.75) is 25.9 Å². The third-order valence-electron chi connectivity index (χ3n) is 2.73. The molecule has 4 N–H and O–H groups in total. The molecular formula is C11H20N2O2. The molecule has 0 aliphatic heterocycles. The van der Waals surface area contributed by atoms with Gasteiger partial charge in [0, 0.05) is 19.2 Å². The van der Waals surface area contributed by atoms with Gasteiger partial charge in [-0.2, -0.15) is 0 Å². The molecule has 0 bridgehead atoms. The first-order valence-corrected chi connectivity index (χ1v) is 5.29. The Morgan fingerprint density at radius 2 is 2.27 bits per heavy atom. The average molecular weight is 212 g/mol. The maximum atomic E-state index is 9.03. The van der Waals surface area contributed by atoms with Crippen molar-refractivity contribution in [2.24, 2.45) is 11.7 Å². The predicted molar refractivity (Wildman–Crippen MR) is 59.4 cm³/mol. The Hall–Kier alpha value is -0.840. The van der Waals surface area contributed by atoms with Gasteiger partial charge in [-0.25, -0.2) is 0 Å². The summed E-state index contributed by atoms with van der Waals surface area (Å²) in [6.07, 6.45) is 1.64. The smallest absolute Gasteiger partial charge is 0.121 e. The zero-order valence-corrected chi connectivity index (χ0v) is 9.31. The standard InChI is InChI=1S/C11H20N2O2/c1-8(7-14)9(2)13-10(6-12)11-4-3-5-15-11/h3-5,8-10,13-14H,6-7,12H2,1-2H3. The van der Waals surface area contributed by atoms with E-state index in [0.717, 1.165) is 5.76 Å². The van der Waals surface area contributed by atoms with E-state index in [1.165, 1.54) is 0 Å². The van der Waals surface area contributed by atoms with Crippen LogP contribution in [0.25, 0.3) is 0 Å². The van der Waals surface area contributed by atoms with Crippen LogP contribution in [-0.4, -0.2) is 24.3 Å². The van der Waals surface area contributed by atoms with Crippen LogP contribution in [-0.2, 0) is 0 Å². The number of aliphatic hydroxyl groups excluding tert-OH is 1. The van der Waals surface area contributed by atoms with Gasteiger partial charge < -0.3 is 20.6 Å². The van der Waals surface area contributed by atoms with Crippen molar-refractivity contribution in [1.82, 2.24) is 5.32 Å². The summed E-state index contributed by atoms with van der Waals surface area (Å²) in [5.41, 5.74) is 5.67. The van der Waals surface area contributed by atoms with Crippen molar-refractivity contribution < 1.29 is 9.52 Å². The van der Waals surface area contributed by atoms with E-state index in [-0.39, 0.29) is 24.6 Å². The molecule has 1 aromatic heterocycles. The van der Waals surface area contributed by atoms with Crippen LogP contribution in [0.15, 0.2) is 22.8 Å². The van der Waals surface area contributed by atoms with Crippen molar-refractivity contribution >= 4 is 0 Å². The molecule has 0 radical (unpaired) electrons. The zero-order chi connectivity index (χ0) is 11.3. The second-order valence-electron chi connectivity index (χ2n) is 3.92. The third-order valence-corrected chi connectivity index (χ3v) is 2.73. The highest BCUT2D eigenvalue weighted by molar-refractivity contribution is 5.05. The van der Waals surface area contributed by atoms with Crippen LogP contribution in [0.1, 0.15) is 25.6 Å². The van der Waals surface area contributed by atoms with Crippen LogP contribution in [0.5, 0.6) is 0 Å². The Morgan fingerprint density at radius 3 is 2.73 bits per heavy atom. The molecule has 0 aromatic carbocycles. The molecule has 0 saturated heterocycles. The Morgan fingerprint density at radius 1 is 1.53 bits per heavy atom. The van der Waals surface area contributed by atoms with E-state index in [4.69, 9.17) is 15.3 Å². The van der Waals surface area contributed by atoms with Crippen molar-refractivity contribution in [2.75, 3.05) is 13.2 Å². The number of rotatable bonds is 6. The van der Waals surface area contributed by atoms with Gasteiger partial charge >= 0.3 is 0 Å². The molecule has 0 spiro atoms. The van der Waals surface area contributed by atoms with E-state index < -0.39 is 0 Å². The molecule has 1 rings (SSSR count). The highest BCUT2D eigenvalue weighted by atomic mass is 16.3. The second kappa shape index (κ2) is 5.90. The lowest BCUT2D eigenvalue weighted by atomic mass is 10.0. The van der Waals surface area contributed by atoms with Gasteiger partial charge in [0.2, 0.25) is 0 Å². The van der Waals surface area contributed by atoms with Crippen molar-refractivity contribution in [1.29, 1.82) is 0 Å². The molecule has 0 saturated carbocycles. The zero-order valence-electron chi connectivity index (χ0n) is 9.31. The Balaban J connectivity index is 2.54. The summed E-state index contributed by atoms with van der Waals surface area (Å²) >= 11 is 0. The molecule has 0 aliphatic rings. The fraction of sp³-hybridized carbons (Fsp3) is 0.636. The topological polar surface area (TPSA) is 71.4 Å². The molecule has 0 fully saturated rings. The summed E-state index contributed by atoms with van der Waals surface area (Å²) in [5, 5.41) is 12.4. The van der Waals surface area contributed by atoms with Gasteiger partial charge in [0.1, 0.15) is 5.76 Å². The van der Waals surface area contributed by atoms with Crippen LogP contribution >= 0.6 is 0 Å². The maximum absolute atomic E-state index is 9.03. The number of hydrogen-bond acceptors (Lipinski definition) is 4. The Bertz CT molecular complexity index is 262. The summed E-state index contributed by atoms with van der Waals surface area (Å²) in [7, 11) is 0. The first-order valence-electron chi connectivity index (χ1n) is 5.29. The van der Waals surface area contributed by atoms with E-state index in [2.05, 4.69) is 5.32 Å². The van der Waals surface area contributed by atoms with E-state index in [9.17, 15) is 0 Å². The lowest BCUT2D eigenvalue weighted by molar-refractivity contribution is 0.198. The first-order chi connectivity index (χ1) is 7.19. The van der Waals surface area contributed by atoms with Crippen molar-refractivity contribution in [3.05, 3.63) is 24.2 Å². The summed E-state index contributed by atoms with van der Waals surface area (Å²) in [6.45, 7) is 4.68. The summed E-state index contributed by atoms with van der Waals surface area (Å²) in [4.78, 5) is 0. The van der Waals surface area contributed by atoms with Crippen LogP contribution in [0, 0.1) is 5.92 Å². The molecule has 4 heteroatoms. The number of aliphatic hydroxyl groups is 1. The second-order valence-corrected chi connectivity index (χ2v) is 3.92. The summed E-state index contributed by atoms with van der Waals surface area (Å²) in [5.74, 6) is 1.04. The molecular weight excluding hydrogens is 192 g/mol. The first kappa shape index (κ1) is 12.2. The highest BCUT2D eigenvalue weighted by Gasteiger charge is 2.18. The van der Waals surface area contributed by atoms with Crippen LogP contribution in [0.3, 0.4) is 0 Å². The van der Waals surface area contributed by atoms with Gasteiger partial charge in [0.25, 0.3) is 0 Å². The van der Waals surface area contributed by atoms with Gasteiger partial charge in [-0.3, -0.25) is 0 Å².